The van der Waals surface area contributed by atoms with Crippen LogP contribution in [-0.4, -0.2) is 63.3 Å². The van der Waals surface area contributed by atoms with E-state index in [1.165, 1.54) is 6.08 Å². The fraction of sp³-hybridized carbons (Fsp3) is 0.640. The average molecular weight is 494 g/mol. The Labute approximate surface area is 206 Å². The quantitative estimate of drug-likeness (QED) is 0.369. The summed E-state index contributed by atoms with van der Waals surface area (Å²) in [5.74, 6) is 0.970. The van der Waals surface area contributed by atoms with Crippen LogP contribution in [0.25, 0.3) is 5.70 Å². The van der Waals surface area contributed by atoms with E-state index in [0.29, 0.717) is 34.3 Å². The van der Waals surface area contributed by atoms with Crippen molar-refractivity contribution in [1.82, 2.24) is 20.9 Å². The third-order valence-corrected chi connectivity index (χ3v) is 7.19. The minimum Gasteiger partial charge on any atom is -0.383 e. The highest BCUT2D eigenvalue weighted by Crippen LogP contribution is 2.30. The Kier molecular flexibility index (Phi) is 9.58. The Morgan fingerprint density at radius 3 is 2.68 bits per heavy atom. The molecule has 1 unspecified atom stereocenters. The summed E-state index contributed by atoms with van der Waals surface area (Å²) in [4.78, 5) is 4.46. The molecule has 3 heterocycles. The van der Waals surface area contributed by atoms with Crippen LogP contribution >= 0.6 is 11.6 Å². The molecule has 1 saturated heterocycles. The number of halogens is 2. The van der Waals surface area contributed by atoms with Crippen molar-refractivity contribution < 1.29 is 13.9 Å². The van der Waals surface area contributed by atoms with Gasteiger partial charge in [0, 0.05) is 57.3 Å². The first-order valence-electron chi connectivity index (χ1n) is 12.4. The van der Waals surface area contributed by atoms with Gasteiger partial charge in [-0.1, -0.05) is 11.6 Å². The van der Waals surface area contributed by atoms with Crippen molar-refractivity contribution in [3.05, 3.63) is 40.8 Å². The van der Waals surface area contributed by atoms with E-state index in [2.05, 4.69) is 26.3 Å². The second kappa shape index (κ2) is 12.8. The van der Waals surface area contributed by atoms with E-state index < -0.39 is 0 Å². The van der Waals surface area contributed by atoms with E-state index in [4.69, 9.17) is 21.1 Å². The van der Waals surface area contributed by atoms with Crippen molar-refractivity contribution in [1.29, 1.82) is 0 Å². The van der Waals surface area contributed by atoms with E-state index in [9.17, 15) is 4.39 Å². The number of ether oxygens (including phenoxy) is 2. The Morgan fingerprint density at radius 1 is 1.15 bits per heavy atom. The third kappa shape index (κ3) is 7.15. The van der Waals surface area contributed by atoms with Gasteiger partial charge in [0.1, 0.15) is 11.6 Å². The van der Waals surface area contributed by atoms with E-state index >= 15 is 0 Å². The van der Waals surface area contributed by atoms with Gasteiger partial charge in [-0.3, -0.25) is 5.32 Å². The first-order valence-corrected chi connectivity index (χ1v) is 12.8. The minimum absolute atomic E-state index is 0.154. The van der Waals surface area contributed by atoms with Gasteiger partial charge in [0.15, 0.2) is 0 Å². The van der Waals surface area contributed by atoms with E-state index in [-0.39, 0.29) is 12.0 Å². The highest BCUT2D eigenvalue weighted by Gasteiger charge is 2.23. The lowest BCUT2D eigenvalue weighted by molar-refractivity contribution is 0.0657. The normalized spacial score (nSPS) is 25.9. The molecule has 0 aromatic carbocycles. The van der Waals surface area contributed by atoms with Gasteiger partial charge in [0.2, 0.25) is 0 Å². The molecular formula is C25H37ClFN5O2. The summed E-state index contributed by atoms with van der Waals surface area (Å²) in [7, 11) is 1.72. The van der Waals surface area contributed by atoms with Gasteiger partial charge >= 0.3 is 0 Å². The van der Waals surface area contributed by atoms with Crippen LogP contribution in [-0.2, 0) is 9.47 Å². The van der Waals surface area contributed by atoms with Crippen LogP contribution in [0.1, 0.15) is 44.1 Å². The van der Waals surface area contributed by atoms with Crippen LogP contribution in [0, 0.1) is 5.92 Å². The maximum atomic E-state index is 14.8. The van der Waals surface area contributed by atoms with Gasteiger partial charge in [-0.15, -0.1) is 0 Å². The largest absolute Gasteiger partial charge is 0.383 e. The van der Waals surface area contributed by atoms with Crippen LogP contribution in [0.4, 0.5) is 10.2 Å². The lowest BCUT2D eigenvalue weighted by Crippen LogP contribution is -2.44. The monoisotopic (exact) mass is 493 g/mol. The number of nitrogens with zero attached hydrogens (tertiary/aromatic N) is 1. The summed E-state index contributed by atoms with van der Waals surface area (Å²) >= 11 is 6.46. The van der Waals surface area contributed by atoms with Crippen LogP contribution in [0.15, 0.2) is 30.2 Å². The zero-order valence-corrected chi connectivity index (χ0v) is 20.7. The summed E-state index contributed by atoms with van der Waals surface area (Å²) in [6.07, 6.45) is 11.2. The van der Waals surface area contributed by atoms with Crippen molar-refractivity contribution >= 4 is 23.1 Å². The molecule has 1 aliphatic carbocycles. The molecule has 2 fully saturated rings. The van der Waals surface area contributed by atoms with Crippen molar-refractivity contribution in [2.45, 2.75) is 56.8 Å². The Morgan fingerprint density at radius 2 is 1.91 bits per heavy atom. The van der Waals surface area contributed by atoms with Crippen LogP contribution < -0.4 is 21.3 Å². The maximum absolute atomic E-state index is 14.8. The summed E-state index contributed by atoms with van der Waals surface area (Å²) in [5, 5.41) is 14.3. The highest BCUT2D eigenvalue weighted by atomic mass is 35.5. The molecule has 34 heavy (non-hydrogen) atoms. The van der Waals surface area contributed by atoms with Gasteiger partial charge in [-0.2, -0.15) is 0 Å². The number of dihydropyridines is 1. The van der Waals surface area contributed by atoms with Gasteiger partial charge in [-0.05, 0) is 62.7 Å². The number of hydrogen-bond acceptors (Lipinski definition) is 7. The van der Waals surface area contributed by atoms with Crippen molar-refractivity contribution in [2.24, 2.45) is 5.92 Å². The summed E-state index contributed by atoms with van der Waals surface area (Å²) in [6.45, 7) is 4.11. The van der Waals surface area contributed by atoms with Crippen molar-refractivity contribution in [2.75, 3.05) is 45.3 Å². The average Bonchev–Trinajstić information content (AvgIpc) is 2.87. The van der Waals surface area contributed by atoms with Crippen LogP contribution in [0.3, 0.4) is 0 Å². The first kappa shape index (κ1) is 25.4. The van der Waals surface area contributed by atoms with Crippen LogP contribution in [0.2, 0.25) is 5.02 Å². The van der Waals surface area contributed by atoms with E-state index in [1.807, 2.05) is 12.1 Å². The second-order valence-electron chi connectivity index (χ2n) is 9.36. The first-order chi connectivity index (χ1) is 16.6. The molecular weight excluding hydrogens is 457 g/mol. The number of methoxy groups -OCH3 is 1. The SMILES string of the molecule is COCCNC1CCC(Nc2cc(C3=C(F)C=CC(NCC4CCOCC4)N3)c(Cl)cn2)CC1. The predicted molar refractivity (Wildman–Crippen MR) is 134 cm³/mol. The number of hydrogen-bond donors (Lipinski definition) is 4. The molecule has 2 aliphatic heterocycles. The molecule has 7 nitrogen and oxygen atoms in total. The molecule has 0 amide bonds. The number of anilines is 1. The van der Waals surface area contributed by atoms with Crippen molar-refractivity contribution in [3.63, 3.8) is 0 Å². The molecule has 1 atom stereocenters. The molecule has 1 aromatic rings. The number of aromatic nitrogens is 1. The summed E-state index contributed by atoms with van der Waals surface area (Å²) in [6, 6.07) is 2.72. The second-order valence-corrected chi connectivity index (χ2v) is 9.76. The molecule has 0 spiro atoms. The molecule has 1 saturated carbocycles. The topological polar surface area (TPSA) is 79.5 Å². The summed E-state index contributed by atoms with van der Waals surface area (Å²) < 4.78 is 25.4. The zero-order valence-electron chi connectivity index (χ0n) is 19.9. The van der Waals surface area contributed by atoms with Crippen molar-refractivity contribution in [3.8, 4) is 0 Å². The Balaban J connectivity index is 1.33. The predicted octanol–water partition coefficient (Wildman–Crippen LogP) is 3.83. The molecule has 9 heteroatoms. The molecule has 1 aromatic heterocycles. The number of pyridine rings is 1. The molecule has 0 bridgehead atoms. The zero-order chi connectivity index (χ0) is 23.8. The fourth-order valence-electron chi connectivity index (χ4n) is 4.83. The highest BCUT2D eigenvalue weighted by molar-refractivity contribution is 6.32. The van der Waals surface area contributed by atoms with Crippen LogP contribution in [0.5, 0.6) is 0 Å². The van der Waals surface area contributed by atoms with Gasteiger partial charge in [0.05, 0.1) is 23.5 Å². The molecule has 3 aliphatic rings. The Hall–Kier alpha value is -1.71. The van der Waals surface area contributed by atoms with Gasteiger partial charge < -0.3 is 25.4 Å². The standard InChI is InChI=1S/C25H37ClFN5O2/c1-33-13-10-28-18-2-4-19(5-3-18)31-24-14-20(21(26)16-30-24)25-22(27)6-7-23(32-25)29-15-17-8-11-34-12-9-17/h6-7,14,16-19,23,28-29,32H,2-5,8-13,15H2,1H3,(H,30,31). The summed E-state index contributed by atoms with van der Waals surface area (Å²) in [5.41, 5.74) is 1.02. The van der Waals surface area contributed by atoms with Gasteiger partial charge in [-0.25, -0.2) is 9.37 Å². The van der Waals surface area contributed by atoms with E-state index in [0.717, 1.165) is 77.3 Å². The molecule has 4 rings (SSSR count). The molecule has 4 N–H and O–H groups in total. The number of nitrogens with one attached hydrogen (secondary N) is 4. The Bertz CT molecular complexity index is 854. The minimum atomic E-state index is -0.328. The molecule has 0 radical (unpaired) electrons. The van der Waals surface area contributed by atoms with E-state index in [1.54, 1.807) is 13.3 Å². The fourth-order valence-corrected chi connectivity index (χ4v) is 5.03. The smallest absolute Gasteiger partial charge is 0.146 e. The maximum Gasteiger partial charge on any atom is 0.146 e. The number of rotatable bonds is 10. The number of allylic oxidation sites excluding steroid dienone is 2. The molecule has 188 valence electrons. The lowest BCUT2D eigenvalue weighted by Gasteiger charge is -2.30. The lowest BCUT2D eigenvalue weighted by atomic mass is 9.91. The van der Waals surface area contributed by atoms with Gasteiger partial charge in [0.25, 0.3) is 0 Å². The third-order valence-electron chi connectivity index (χ3n) is 6.88.